The summed E-state index contributed by atoms with van der Waals surface area (Å²) >= 11 is 7.18. The number of H-pyrrole nitrogens is 1. The molecule has 0 radical (unpaired) electrons. The Hall–Kier alpha value is -2.88. The van der Waals surface area contributed by atoms with E-state index in [-0.39, 0.29) is 16.9 Å². The second-order valence-corrected chi connectivity index (χ2v) is 14.0. The van der Waals surface area contributed by atoms with Crippen LogP contribution in [-0.4, -0.2) is 93.2 Å². The minimum Gasteiger partial charge on any atom is -0.378 e. The molecule has 0 bridgehead atoms. The van der Waals surface area contributed by atoms with Gasteiger partial charge in [-0.1, -0.05) is 17.7 Å². The van der Waals surface area contributed by atoms with Gasteiger partial charge in [-0.05, 0) is 70.6 Å². The lowest BCUT2D eigenvalue weighted by molar-refractivity contribution is -0.149. The van der Waals surface area contributed by atoms with Gasteiger partial charge in [-0.2, -0.15) is 10.2 Å². The highest BCUT2D eigenvalue weighted by molar-refractivity contribution is 6.36. The normalized spacial score (nSPS) is 23.9. The number of carbonyl (C=O) groups excluding carboxylic acids is 1. The number of benzene rings is 1. The van der Waals surface area contributed by atoms with E-state index in [0.717, 1.165) is 97.2 Å². The van der Waals surface area contributed by atoms with Crippen LogP contribution < -0.4 is 4.90 Å². The first-order chi connectivity index (χ1) is 20.3. The van der Waals surface area contributed by atoms with Crippen molar-refractivity contribution in [2.45, 2.75) is 70.5 Å². The molecule has 3 aromatic rings. The molecule has 3 aliphatic heterocycles. The fraction of sp³-hybridized carbons (Fsp3) is 0.594. The standard InChI is InChI=1S/C32H40ClN7O2/c1-4-6-26(41)38-17-31(18-38)12-22(13-31)40-21(3)27(28-24-14-34-35-25(24)11-20(2)29(28)33)30(36-40)39-10-9-37(23-15-42-16-23)19-32(39)7-5-8-32/h4,6,11,14,22-23H,5,7-10,12-13,15-19H2,1-3H3,(H,34,35)/b6-4+. The number of piperazine rings is 1. The molecule has 0 unspecified atom stereocenters. The van der Waals surface area contributed by atoms with Crippen LogP contribution >= 0.6 is 11.6 Å². The van der Waals surface area contributed by atoms with E-state index in [1.165, 1.54) is 25.0 Å². The summed E-state index contributed by atoms with van der Waals surface area (Å²) in [6, 6.07) is 2.96. The molecule has 3 saturated heterocycles. The number of hydrogen-bond acceptors (Lipinski definition) is 6. The maximum Gasteiger partial charge on any atom is 0.246 e. The SMILES string of the molecule is C/C=C/C(=O)N1CC2(CC(n3nc(N4CCN(C5COC5)CC45CCC5)c(-c4c(Cl)c(C)cc5[nH]ncc45)c3C)C2)C1. The van der Waals surface area contributed by atoms with Crippen molar-refractivity contribution in [3.8, 4) is 11.1 Å². The lowest BCUT2D eigenvalue weighted by Gasteiger charge is -2.59. The summed E-state index contributed by atoms with van der Waals surface area (Å²) in [5.41, 5.74) is 5.74. The van der Waals surface area contributed by atoms with Gasteiger partial charge in [0, 0.05) is 60.3 Å². The van der Waals surface area contributed by atoms with Crippen molar-refractivity contribution in [1.29, 1.82) is 0 Å². The van der Waals surface area contributed by atoms with Gasteiger partial charge in [-0.15, -0.1) is 0 Å². The van der Waals surface area contributed by atoms with E-state index in [9.17, 15) is 4.79 Å². The molecule has 1 N–H and O–H groups in total. The first-order valence-electron chi connectivity index (χ1n) is 15.5. The molecule has 42 heavy (non-hydrogen) atoms. The van der Waals surface area contributed by atoms with Gasteiger partial charge < -0.3 is 14.5 Å². The van der Waals surface area contributed by atoms with Crippen LogP contribution in [0.2, 0.25) is 5.02 Å². The summed E-state index contributed by atoms with van der Waals surface area (Å²) in [4.78, 5) is 19.6. The highest BCUT2D eigenvalue weighted by Gasteiger charge is 2.55. The first kappa shape index (κ1) is 26.7. The Balaban J connectivity index is 1.18. The third-order valence-corrected chi connectivity index (χ3v) is 11.4. The van der Waals surface area contributed by atoms with Crippen LogP contribution in [-0.2, 0) is 9.53 Å². The van der Waals surface area contributed by atoms with Crippen molar-refractivity contribution in [1.82, 2.24) is 29.8 Å². The zero-order valence-corrected chi connectivity index (χ0v) is 25.6. The number of halogens is 1. The number of aromatic nitrogens is 4. The number of aryl methyl sites for hydroxylation is 1. The molecule has 0 atom stereocenters. The minimum atomic E-state index is 0.0997. The summed E-state index contributed by atoms with van der Waals surface area (Å²) in [7, 11) is 0. The molecule has 5 aliphatic rings. The molecule has 2 saturated carbocycles. The molecule has 5 fully saturated rings. The molecule has 2 spiro atoms. The first-order valence-corrected chi connectivity index (χ1v) is 15.9. The highest BCUT2D eigenvalue weighted by atomic mass is 35.5. The Morgan fingerprint density at radius 1 is 1.12 bits per heavy atom. The van der Waals surface area contributed by atoms with Gasteiger partial charge in [0.2, 0.25) is 5.91 Å². The third kappa shape index (κ3) is 3.85. The molecule has 2 aliphatic carbocycles. The van der Waals surface area contributed by atoms with Crippen LogP contribution in [0, 0.1) is 19.3 Å². The largest absolute Gasteiger partial charge is 0.378 e. The Morgan fingerprint density at radius 3 is 2.57 bits per heavy atom. The van der Waals surface area contributed by atoms with Gasteiger partial charge >= 0.3 is 0 Å². The topological polar surface area (TPSA) is 82.5 Å². The Bertz CT molecular complexity index is 1590. The lowest BCUT2D eigenvalue weighted by atomic mass is 9.60. The van der Waals surface area contributed by atoms with E-state index in [1.807, 2.05) is 24.1 Å². The van der Waals surface area contributed by atoms with Gasteiger partial charge in [-0.3, -0.25) is 19.5 Å². The van der Waals surface area contributed by atoms with Gasteiger partial charge in [-0.25, -0.2) is 0 Å². The Labute approximate surface area is 251 Å². The number of allylic oxidation sites excluding steroid dienone is 1. The van der Waals surface area contributed by atoms with Crippen molar-refractivity contribution in [2.75, 3.05) is 50.8 Å². The monoisotopic (exact) mass is 589 g/mol. The number of nitrogens with zero attached hydrogens (tertiary/aromatic N) is 6. The minimum absolute atomic E-state index is 0.0997. The second kappa shape index (κ2) is 9.56. The summed E-state index contributed by atoms with van der Waals surface area (Å²) in [6.07, 6.45) is 11.2. The van der Waals surface area contributed by atoms with Crippen LogP contribution in [0.4, 0.5) is 5.82 Å². The average Bonchev–Trinajstić information content (AvgIpc) is 3.46. The number of amides is 1. The molecule has 1 aromatic carbocycles. The number of hydrogen-bond donors (Lipinski definition) is 1. The van der Waals surface area contributed by atoms with Crippen LogP contribution in [0.25, 0.3) is 22.0 Å². The third-order valence-electron chi connectivity index (χ3n) is 11.0. The van der Waals surface area contributed by atoms with Crippen molar-refractivity contribution < 1.29 is 9.53 Å². The smallest absolute Gasteiger partial charge is 0.246 e. The molecule has 222 valence electrons. The molecule has 1 amide bonds. The maximum atomic E-state index is 12.4. The summed E-state index contributed by atoms with van der Waals surface area (Å²) < 4.78 is 7.86. The maximum absolute atomic E-state index is 12.4. The molecule has 9 nitrogen and oxygen atoms in total. The molecule has 2 aromatic heterocycles. The Kier molecular flexibility index (Phi) is 6.08. The number of likely N-dealkylation sites (tertiary alicyclic amines) is 1. The van der Waals surface area contributed by atoms with Crippen LogP contribution in [0.3, 0.4) is 0 Å². The van der Waals surface area contributed by atoms with Crippen LogP contribution in [0.1, 0.15) is 56.3 Å². The summed E-state index contributed by atoms with van der Waals surface area (Å²) in [6.45, 7) is 12.6. The number of carbonyl (C=O) groups is 1. The molecular weight excluding hydrogens is 550 g/mol. The van der Waals surface area contributed by atoms with Crippen LogP contribution in [0.5, 0.6) is 0 Å². The predicted octanol–water partition coefficient (Wildman–Crippen LogP) is 4.88. The zero-order valence-electron chi connectivity index (χ0n) is 24.8. The number of anilines is 1. The molecule has 10 heteroatoms. The lowest BCUT2D eigenvalue weighted by Crippen LogP contribution is -2.69. The Morgan fingerprint density at radius 2 is 1.90 bits per heavy atom. The average molecular weight is 590 g/mol. The number of ether oxygens (including phenoxy) is 1. The van der Waals surface area contributed by atoms with E-state index in [2.05, 4.69) is 44.6 Å². The fourth-order valence-corrected chi connectivity index (χ4v) is 8.67. The van der Waals surface area contributed by atoms with Gasteiger partial charge in [0.1, 0.15) is 0 Å². The molecule has 5 heterocycles. The van der Waals surface area contributed by atoms with E-state index in [4.69, 9.17) is 21.4 Å². The van der Waals surface area contributed by atoms with Gasteiger partial charge in [0.15, 0.2) is 5.82 Å². The quantitative estimate of drug-likeness (QED) is 0.427. The van der Waals surface area contributed by atoms with Crippen molar-refractivity contribution >= 4 is 34.2 Å². The van der Waals surface area contributed by atoms with Crippen molar-refractivity contribution in [2.24, 2.45) is 5.41 Å². The fourth-order valence-electron chi connectivity index (χ4n) is 8.42. The van der Waals surface area contributed by atoms with Gasteiger partial charge in [0.25, 0.3) is 0 Å². The molecular formula is C32H40ClN7O2. The van der Waals surface area contributed by atoms with E-state index in [0.29, 0.717) is 12.1 Å². The summed E-state index contributed by atoms with van der Waals surface area (Å²) in [5, 5.41) is 14.9. The zero-order chi connectivity index (χ0) is 28.8. The van der Waals surface area contributed by atoms with Crippen molar-refractivity contribution in [3.63, 3.8) is 0 Å². The van der Waals surface area contributed by atoms with E-state index in [1.54, 1.807) is 6.08 Å². The predicted molar refractivity (Wildman–Crippen MR) is 164 cm³/mol. The summed E-state index contributed by atoms with van der Waals surface area (Å²) in [5.74, 6) is 1.20. The number of fused-ring (bicyclic) bond motifs is 1. The van der Waals surface area contributed by atoms with Gasteiger partial charge in [0.05, 0.1) is 47.6 Å². The number of rotatable bonds is 5. The number of nitrogens with one attached hydrogen (secondary N) is 1. The molecule has 8 rings (SSSR count). The number of aromatic amines is 1. The highest BCUT2D eigenvalue weighted by Crippen LogP contribution is 2.56. The second-order valence-electron chi connectivity index (χ2n) is 13.6. The van der Waals surface area contributed by atoms with E-state index >= 15 is 0 Å². The van der Waals surface area contributed by atoms with Crippen molar-refractivity contribution in [3.05, 3.63) is 40.7 Å². The van der Waals surface area contributed by atoms with Crippen LogP contribution in [0.15, 0.2) is 24.4 Å². The van der Waals surface area contributed by atoms with E-state index < -0.39 is 0 Å².